The van der Waals surface area contributed by atoms with Crippen LogP contribution in [0.3, 0.4) is 0 Å². The third kappa shape index (κ3) is 2.50. The van der Waals surface area contributed by atoms with Crippen LogP contribution in [0.15, 0.2) is 35.1 Å². The molecule has 0 aliphatic heterocycles. The Morgan fingerprint density at radius 3 is 2.63 bits per heavy atom. The third-order valence-electron chi connectivity index (χ3n) is 3.35. The zero-order valence-electron chi connectivity index (χ0n) is 10.4. The van der Waals surface area contributed by atoms with Crippen LogP contribution >= 0.6 is 0 Å². The zero-order valence-corrected chi connectivity index (χ0v) is 10.4. The van der Waals surface area contributed by atoms with Gasteiger partial charge in [-0.15, -0.1) is 0 Å². The summed E-state index contributed by atoms with van der Waals surface area (Å²) in [4.78, 5) is 14.9. The van der Waals surface area contributed by atoms with Crippen molar-refractivity contribution in [1.29, 1.82) is 0 Å². The number of aromatic amines is 1. The van der Waals surface area contributed by atoms with Crippen LogP contribution in [-0.2, 0) is 6.42 Å². The van der Waals surface area contributed by atoms with E-state index in [1.54, 1.807) is 12.1 Å². The zero-order chi connectivity index (χ0) is 13.2. The first-order valence-electron chi connectivity index (χ1n) is 6.39. The minimum absolute atomic E-state index is 0.0365. The molecule has 1 heterocycles. The minimum atomic E-state index is -0.245. The van der Waals surface area contributed by atoms with Gasteiger partial charge in [-0.05, 0) is 41.8 Å². The molecule has 96 valence electrons. The fourth-order valence-electron chi connectivity index (χ4n) is 2.41. The Balaban J connectivity index is 2.01. The lowest BCUT2D eigenvalue weighted by molar-refractivity contribution is 0.627. The molecule has 0 saturated carbocycles. The number of aromatic nitrogens is 1. The van der Waals surface area contributed by atoms with Crippen LogP contribution in [0.25, 0.3) is 12.2 Å². The highest BCUT2D eigenvalue weighted by molar-refractivity contribution is 5.38. The topological polar surface area (TPSA) is 32.9 Å². The predicted octanol–water partition coefficient (Wildman–Crippen LogP) is 1.46. The summed E-state index contributed by atoms with van der Waals surface area (Å²) >= 11 is 0. The highest BCUT2D eigenvalue weighted by atomic mass is 19.1. The molecular weight excluding hydrogens is 241 g/mol. The lowest BCUT2D eigenvalue weighted by Gasteiger charge is -2.05. The molecule has 3 rings (SSSR count). The normalized spacial score (nSPS) is 13.3. The quantitative estimate of drug-likeness (QED) is 0.866. The molecule has 0 radical (unpaired) electrons. The smallest absolute Gasteiger partial charge is 0.255 e. The maximum absolute atomic E-state index is 12.8. The molecule has 1 aromatic heterocycles. The number of rotatable bonds is 2. The standard InChI is InChI=1S/C16H14FNO/c17-13-7-5-11(6-8-13)9-14-10-12-3-1-2-4-15(12)16(19)18-14/h3-8,10H,1-2,9H2,(H,18,19). The van der Waals surface area contributed by atoms with Crippen LogP contribution in [0.5, 0.6) is 0 Å². The van der Waals surface area contributed by atoms with E-state index in [0.717, 1.165) is 34.5 Å². The van der Waals surface area contributed by atoms with E-state index in [0.29, 0.717) is 6.42 Å². The van der Waals surface area contributed by atoms with Gasteiger partial charge in [0.15, 0.2) is 0 Å². The van der Waals surface area contributed by atoms with Crippen molar-refractivity contribution in [2.75, 3.05) is 0 Å². The van der Waals surface area contributed by atoms with Crippen molar-refractivity contribution < 1.29 is 4.39 Å². The molecule has 0 spiro atoms. The Labute approximate surface area is 109 Å². The lowest BCUT2D eigenvalue weighted by Crippen LogP contribution is -2.42. The van der Waals surface area contributed by atoms with Crippen LogP contribution in [0.4, 0.5) is 4.39 Å². The molecule has 2 aromatic rings. The van der Waals surface area contributed by atoms with Gasteiger partial charge in [-0.25, -0.2) is 4.39 Å². The van der Waals surface area contributed by atoms with Gasteiger partial charge in [0.1, 0.15) is 5.82 Å². The van der Waals surface area contributed by atoms with E-state index in [1.807, 2.05) is 12.1 Å². The molecule has 1 aliphatic rings. The van der Waals surface area contributed by atoms with Crippen LogP contribution in [-0.4, -0.2) is 4.98 Å². The Hall–Kier alpha value is -2.16. The summed E-state index contributed by atoms with van der Waals surface area (Å²) < 4.78 is 12.8. The molecule has 0 saturated heterocycles. The summed E-state index contributed by atoms with van der Waals surface area (Å²) in [5, 5.41) is 1.78. The van der Waals surface area contributed by atoms with Crippen molar-refractivity contribution in [3.8, 4) is 0 Å². The summed E-state index contributed by atoms with van der Waals surface area (Å²) in [5.41, 5.74) is 1.81. The molecule has 0 atom stereocenters. The number of hydrogen-bond acceptors (Lipinski definition) is 1. The Bertz CT molecular complexity index is 772. The largest absolute Gasteiger partial charge is 0.325 e. The van der Waals surface area contributed by atoms with Crippen molar-refractivity contribution in [1.82, 2.24) is 4.98 Å². The van der Waals surface area contributed by atoms with Crippen molar-refractivity contribution in [3.05, 3.63) is 68.2 Å². The van der Waals surface area contributed by atoms with E-state index in [4.69, 9.17) is 0 Å². The summed E-state index contributed by atoms with van der Waals surface area (Å²) in [6.07, 6.45) is 6.59. The summed E-state index contributed by atoms with van der Waals surface area (Å²) in [6.45, 7) is 0. The van der Waals surface area contributed by atoms with E-state index < -0.39 is 0 Å². The summed E-state index contributed by atoms with van der Waals surface area (Å²) in [6, 6.07) is 8.36. The lowest BCUT2D eigenvalue weighted by atomic mass is 10.1. The van der Waals surface area contributed by atoms with Crippen molar-refractivity contribution >= 4 is 12.2 Å². The summed E-state index contributed by atoms with van der Waals surface area (Å²) in [7, 11) is 0. The van der Waals surface area contributed by atoms with Gasteiger partial charge < -0.3 is 4.98 Å². The molecule has 1 aliphatic carbocycles. The number of pyridine rings is 1. The molecule has 0 amide bonds. The maximum Gasteiger partial charge on any atom is 0.255 e. The fraction of sp³-hybridized carbons (Fsp3) is 0.188. The van der Waals surface area contributed by atoms with E-state index >= 15 is 0 Å². The maximum atomic E-state index is 12.8. The molecular formula is C16H14FNO. The van der Waals surface area contributed by atoms with Crippen molar-refractivity contribution in [2.24, 2.45) is 0 Å². The van der Waals surface area contributed by atoms with Crippen molar-refractivity contribution in [2.45, 2.75) is 19.3 Å². The second kappa shape index (κ2) is 4.84. The SMILES string of the molecule is O=c1[nH]c(Cc2ccc(F)cc2)cc2c1=CCCC=2. The molecule has 1 aromatic carbocycles. The van der Waals surface area contributed by atoms with E-state index in [2.05, 4.69) is 11.1 Å². The van der Waals surface area contributed by atoms with E-state index in [-0.39, 0.29) is 11.4 Å². The number of hydrogen-bond donors (Lipinski definition) is 1. The minimum Gasteiger partial charge on any atom is -0.325 e. The van der Waals surface area contributed by atoms with Gasteiger partial charge in [-0.1, -0.05) is 24.3 Å². The van der Waals surface area contributed by atoms with Gasteiger partial charge in [-0.3, -0.25) is 4.79 Å². The molecule has 19 heavy (non-hydrogen) atoms. The highest BCUT2D eigenvalue weighted by Gasteiger charge is 2.02. The average Bonchev–Trinajstić information content (AvgIpc) is 2.42. The monoisotopic (exact) mass is 255 g/mol. The Morgan fingerprint density at radius 2 is 1.84 bits per heavy atom. The van der Waals surface area contributed by atoms with Crippen molar-refractivity contribution in [3.63, 3.8) is 0 Å². The molecule has 2 nitrogen and oxygen atoms in total. The Kier molecular flexibility index (Phi) is 3.03. The third-order valence-corrected chi connectivity index (χ3v) is 3.35. The predicted molar refractivity (Wildman–Crippen MR) is 73.7 cm³/mol. The average molecular weight is 255 g/mol. The first-order chi connectivity index (χ1) is 9.22. The van der Waals surface area contributed by atoms with Gasteiger partial charge in [0, 0.05) is 17.3 Å². The van der Waals surface area contributed by atoms with Gasteiger partial charge in [0.05, 0.1) is 0 Å². The fourth-order valence-corrected chi connectivity index (χ4v) is 2.41. The van der Waals surface area contributed by atoms with Crippen LogP contribution in [0.1, 0.15) is 24.1 Å². The summed E-state index contributed by atoms with van der Waals surface area (Å²) in [5.74, 6) is -0.245. The molecule has 0 bridgehead atoms. The Morgan fingerprint density at radius 1 is 1.11 bits per heavy atom. The van der Waals surface area contributed by atoms with Crippen LogP contribution < -0.4 is 16.0 Å². The molecule has 0 fully saturated rings. The van der Waals surface area contributed by atoms with Gasteiger partial charge in [0.2, 0.25) is 0 Å². The second-order valence-electron chi connectivity index (χ2n) is 4.78. The van der Waals surface area contributed by atoms with Gasteiger partial charge in [0.25, 0.3) is 5.56 Å². The number of H-pyrrole nitrogens is 1. The van der Waals surface area contributed by atoms with E-state index in [9.17, 15) is 9.18 Å². The number of benzene rings is 1. The first-order valence-corrected chi connectivity index (χ1v) is 6.39. The number of nitrogens with one attached hydrogen (secondary N) is 1. The van der Waals surface area contributed by atoms with Crippen LogP contribution in [0, 0.1) is 5.82 Å². The second-order valence-corrected chi connectivity index (χ2v) is 4.78. The molecule has 0 unspecified atom stereocenters. The first kappa shape index (κ1) is 11.9. The van der Waals surface area contributed by atoms with Gasteiger partial charge in [-0.2, -0.15) is 0 Å². The van der Waals surface area contributed by atoms with E-state index in [1.165, 1.54) is 12.1 Å². The molecule has 3 heteroatoms. The van der Waals surface area contributed by atoms with Gasteiger partial charge >= 0.3 is 0 Å². The highest BCUT2D eigenvalue weighted by Crippen LogP contribution is 2.06. The molecule has 1 N–H and O–H groups in total. The van der Waals surface area contributed by atoms with Crippen LogP contribution in [0.2, 0.25) is 0 Å². The number of fused-ring (bicyclic) bond motifs is 1. The number of halogens is 1.